The minimum absolute atomic E-state index is 0.0214. The van der Waals surface area contributed by atoms with Crippen LogP contribution in [0.4, 0.5) is 14.5 Å². The minimum atomic E-state index is -0.878. The first-order valence-corrected chi connectivity index (χ1v) is 6.23. The molecule has 1 unspecified atom stereocenters. The monoisotopic (exact) mass is 256 g/mol. The van der Waals surface area contributed by atoms with E-state index in [2.05, 4.69) is 0 Å². The van der Waals surface area contributed by atoms with Gasteiger partial charge in [0.2, 0.25) is 0 Å². The van der Waals surface area contributed by atoms with Crippen molar-refractivity contribution >= 4 is 5.69 Å². The SMILES string of the molecule is NCc1ccc(N2CCCCC2CO)c(F)c1F. The zero-order chi connectivity index (χ0) is 13.1. The van der Waals surface area contributed by atoms with Gasteiger partial charge in [0.25, 0.3) is 0 Å². The molecule has 1 atom stereocenters. The second kappa shape index (κ2) is 5.63. The molecule has 100 valence electrons. The lowest BCUT2D eigenvalue weighted by molar-refractivity contribution is 0.239. The minimum Gasteiger partial charge on any atom is -0.394 e. The Balaban J connectivity index is 2.35. The third kappa shape index (κ3) is 2.33. The number of anilines is 1. The first kappa shape index (κ1) is 13.2. The van der Waals surface area contributed by atoms with Crippen LogP contribution in [0.3, 0.4) is 0 Å². The molecule has 0 radical (unpaired) electrons. The van der Waals surface area contributed by atoms with E-state index in [1.54, 1.807) is 11.0 Å². The molecule has 3 nitrogen and oxygen atoms in total. The van der Waals surface area contributed by atoms with Gasteiger partial charge in [-0.15, -0.1) is 0 Å². The molecule has 1 saturated heterocycles. The topological polar surface area (TPSA) is 49.5 Å². The summed E-state index contributed by atoms with van der Waals surface area (Å²) in [6.45, 7) is 0.579. The van der Waals surface area contributed by atoms with Crippen molar-refractivity contribution in [1.29, 1.82) is 0 Å². The number of aliphatic hydroxyl groups excluding tert-OH is 1. The Morgan fingerprint density at radius 2 is 2.06 bits per heavy atom. The summed E-state index contributed by atoms with van der Waals surface area (Å²) in [6, 6.07) is 2.93. The Morgan fingerprint density at radius 1 is 1.28 bits per heavy atom. The van der Waals surface area contributed by atoms with Crippen molar-refractivity contribution in [3.8, 4) is 0 Å². The maximum atomic E-state index is 14.0. The molecule has 1 aliphatic rings. The first-order valence-electron chi connectivity index (χ1n) is 6.23. The maximum absolute atomic E-state index is 14.0. The summed E-state index contributed by atoms with van der Waals surface area (Å²) in [5, 5.41) is 9.31. The van der Waals surface area contributed by atoms with E-state index in [1.165, 1.54) is 6.07 Å². The lowest BCUT2D eigenvalue weighted by Gasteiger charge is -2.36. The summed E-state index contributed by atoms with van der Waals surface area (Å²) in [5.41, 5.74) is 5.74. The van der Waals surface area contributed by atoms with Gasteiger partial charge >= 0.3 is 0 Å². The van der Waals surface area contributed by atoms with Crippen LogP contribution in [0, 0.1) is 11.6 Å². The number of benzene rings is 1. The molecule has 1 heterocycles. The quantitative estimate of drug-likeness (QED) is 0.866. The van der Waals surface area contributed by atoms with Crippen molar-refractivity contribution in [1.82, 2.24) is 0 Å². The van der Waals surface area contributed by atoms with Crippen LogP contribution in [0.15, 0.2) is 12.1 Å². The summed E-state index contributed by atoms with van der Waals surface area (Å²) < 4.78 is 27.7. The van der Waals surface area contributed by atoms with Gasteiger partial charge in [-0.2, -0.15) is 0 Å². The molecule has 0 saturated carbocycles. The normalized spacial score (nSPS) is 20.2. The number of aliphatic hydroxyl groups is 1. The van der Waals surface area contributed by atoms with Crippen molar-refractivity contribution < 1.29 is 13.9 Å². The van der Waals surface area contributed by atoms with Gasteiger partial charge in [-0.3, -0.25) is 0 Å². The average Bonchev–Trinajstić information content (AvgIpc) is 2.42. The molecule has 1 aromatic rings. The molecule has 0 aliphatic carbocycles. The molecule has 2 rings (SSSR count). The molecule has 0 spiro atoms. The van der Waals surface area contributed by atoms with E-state index in [0.717, 1.165) is 19.3 Å². The number of piperidine rings is 1. The number of rotatable bonds is 3. The molecule has 0 aromatic heterocycles. The van der Waals surface area contributed by atoms with Crippen LogP contribution in [0.5, 0.6) is 0 Å². The Hall–Kier alpha value is -1.20. The standard InChI is InChI=1S/C13H18F2N2O/c14-12-9(7-16)4-5-11(13(12)15)17-6-2-1-3-10(17)8-18/h4-5,10,18H,1-3,6-8,16H2. The predicted molar refractivity (Wildman–Crippen MR) is 66.3 cm³/mol. The summed E-state index contributed by atoms with van der Waals surface area (Å²) in [5.74, 6) is -1.74. The smallest absolute Gasteiger partial charge is 0.182 e. The fraction of sp³-hybridized carbons (Fsp3) is 0.538. The van der Waals surface area contributed by atoms with Gasteiger partial charge in [-0.1, -0.05) is 6.07 Å². The lowest BCUT2D eigenvalue weighted by atomic mass is 10.0. The number of nitrogens with two attached hydrogens (primary N) is 1. The van der Waals surface area contributed by atoms with Crippen LogP contribution in [0.1, 0.15) is 24.8 Å². The van der Waals surface area contributed by atoms with E-state index in [1.807, 2.05) is 0 Å². The predicted octanol–water partition coefficient (Wildman–Crippen LogP) is 1.77. The van der Waals surface area contributed by atoms with E-state index in [4.69, 9.17) is 5.73 Å². The van der Waals surface area contributed by atoms with Gasteiger partial charge in [-0.25, -0.2) is 8.78 Å². The molecule has 0 amide bonds. The van der Waals surface area contributed by atoms with Gasteiger partial charge in [0.1, 0.15) is 0 Å². The van der Waals surface area contributed by atoms with E-state index >= 15 is 0 Å². The van der Waals surface area contributed by atoms with Crippen molar-refractivity contribution in [2.75, 3.05) is 18.1 Å². The number of hydrogen-bond acceptors (Lipinski definition) is 3. The fourth-order valence-electron chi connectivity index (χ4n) is 2.47. The van der Waals surface area contributed by atoms with Crippen LogP contribution in [-0.4, -0.2) is 24.3 Å². The highest BCUT2D eigenvalue weighted by Crippen LogP contribution is 2.29. The van der Waals surface area contributed by atoms with Crippen molar-refractivity contribution in [2.24, 2.45) is 5.73 Å². The third-order valence-corrected chi connectivity index (χ3v) is 3.51. The molecule has 3 N–H and O–H groups in total. The summed E-state index contributed by atoms with van der Waals surface area (Å²) in [6.07, 6.45) is 2.74. The van der Waals surface area contributed by atoms with E-state index < -0.39 is 11.6 Å². The largest absolute Gasteiger partial charge is 0.394 e. The molecule has 0 bridgehead atoms. The van der Waals surface area contributed by atoms with E-state index in [-0.39, 0.29) is 30.4 Å². The second-order valence-corrected chi connectivity index (χ2v) is 4.60. The maximum Gasteiger partial charge on any atom is 0.182 e. The third-order valence-electron chi connectivity index (χ3n) is 3.51. The molecule has 1 aliphatic heterocycles. The van der Waals surface area contributed by atoms with Crippen LogP contribution in [0.2, 0.25) is 0 Å². The first-order chi connectivity index (χ1) is 8.69. The van der Waals surface area contributed by atoms with Gasteiger partial charge in [-0.05, 0) is 25.3 Å². The summed E-state index contributed by atoms with van der Waals surface area (Å²) >= 11 is 0. The Labute approximate surface area is 105 Å². The number of nitrogens with zero attached hydrogens (tertiary/aromatic N) is 1. The van der Waals surface area contributed by atoms with Crippen LogP contribution in [-0.2, 0) is 6.54 Å². The molecule has 1 fully saturated rings. The van der Waals surface area contributed by atoms with Gasteiger partial charge in [0.15, 0.2) is 11.6 Å². The lowest BCUT2D eigenvalue weighted by Crippen LogP contribution is -2.42. The molecular weight excluding hydrogens is 238 g/mol. The second-order valence-electron chi connectivity index (χ2n) is 4.60. The van der Waals surface area contributed by atoms with Gasteiger partial charge < -0.3 is 15.7 Å². The van der Waals surface area contributed by atoms with Crippen molar-refractivity contribution in [2.45, 2.75) is 31.8 Å². The van der Waals surface area contributed by atoms with Gasteiger partial charge in [0, 0.05) is 18.7 Å². The van der Waals surface area contributed by atoms with E-state index in [9.17, 15) is 13.9 Å². The van der Waals surface area contributed by atoms with Crippen LogP contribution in [0.25, 0.3) is 0 Å². The summed E-state index contributed by atoms with van der Waals surface area (Å²) in [4.78, 5) is 1.75. The summed E-state index contributed by atoms with van der Waals surface area (Å²) in [7, 11) is 0. The van der Waals surface area contributed by atoms with Crippen molar-refractivity contribution in [3.63, 3.8) is 0 Å². The Bertz CT molecular complexity index is 426. The number of hydrogen-bond donors (Lipinski definition) is 2. The molecule has 1 aromatic carbocycles. The highest BCUT2D eigenvalue weighted by Gasteiger charge is 2.25. The fourth-order valence-corrected chi connectivity index (χ4v) is 2.47. The molecular formula is C13H18F2N2O. The van der Waals surface area contributed by atoms with Crippen molar-refractivity contribution in [3.05, 3.63) is 29.3 Å². The Morgan fingerprint density at radius 3 is 2.72 bits per heavy atom. The molecule has 18 heavy (non-hydrogen) atoms. The average molecular weight is 256 g/mol. The van der Waals surface area contributed by atoms with E-state index in [0.29, 0.717) is 6.54 Å². The highest BCUT2D eigenvalue weighted by molar-refractivity contribution is 5.51. The molecule has 5 heteroatoms. The Kier molecular flexibility index (Phi) is 4.14. The van der Waals surface area contributed by atoms with Crippen LogP contribution < -0.4 is 10.6 Å². The van der Waals surface area contributed by atoms with Gasteiger partial charge in [0.05, 0.1) is 18.3 Å². The van der Waals surface area contributed by atoms with Crippen LogP contribution >= 0.6 is 0 Å². The zero-order valence-electron chi connectivity index (χ0n) is 10.2. The highest BCUT2D eigenvalue weighted by atomic mass is 19.2. The number of halogens is 2. The zero-order valence-corrected chi connectivity index (χ0v) is 10.2.